The third-order valence-corrected chi connectivity index (χ3v) is 8.04. The van der Waals surface area contributed by atoms with E-state index in [0.29, 0.717) is 5.56 Å². The molecule has 3 heterocycles. The number of imidazole rings is 1. The second-order valence-electron chi connectivity index (χ2n) is 11.3. The van der Waals surface area contributed by atoms with Crippen LogP contribution in [0.1, 0.15) is 100 Å². The van der Waals surface area contributed by atoms with E-state index < -0.39 is 36.4 Å². The number of amides is 1. The largest absolute Gasteiger partial charge is 0.458 e. The number of nitrogens with zero attached hydrogens (tertiary/aromatic N) is 4. The number of unbranched alkanes of at least 4 members (excludes halogenated alkanes) is 10. The number of aliphatic hydroxyl groups is 1. The van der Waals surface area contributed by atoms with E-state index in [2.05, 4.69) is 33.1 Å². The highest BCUT2D eigenvalue weighted by Gasteiger charge is 2.51. The van der Waals surface area contributed by atoms with Gasteiger partial charge in [-0.2, -0.15) is 14.4 Å². The topological polar surface area (TPSA) is 128 Å². The molecule has 2 aromatic heterocycles. The van der Waals surface area contributed by atoms with Crippen LogP contribution in [0.5, 0.6) is 0 Å². The molecular formula is C33H42FN5O5. The number of hydrogen-bond acceptors (Lipinski definition) is 8. The SMILES string of the molecule is C#C[C@]1(COC(=O)c2ccccc2)OC[C@@H](n2cnc3c(NC(=O)CCCCCCCCCCCCC)nc(F)nc32)[C@@H]1O. The number of aliphatic hydroxyl groups excluding tert-OH is 1. The first-order valence-corrected chi connectivity index (χ1v) is 15.6. The van der Waals surface area contributed by atoms with Crippen molar-refractivity contribution < 1.29 is 28.6 Å². The summed E-state index contributed by atoms with van der Waals surface area (Å²) >= 11 is 0. The van der Waals surface area contributed by atoms with Crippen molar-refractivity contribution in [1.82, 2.24) is 19.5 Å². The molecule has 1 fully saturated rings. The maximum Gasteiger partial charge on any atom is 0.338 e. The van der Waals surface area contributed by atoms with Crippen LogP contribution in [0.15, 0.2) is 36.7 Å². The molecule has 0 saturated carbocycles. The number of anilines is 1. The van der Waals surface area contributed by atoms with Crippen LogP contribution in [0.2, 0.25) is 0 Å². The van der Waals surface area contributed by atoms with E-state index in [9.17, 15) is 19.1 Å². The van der Waals surface area contributed by atoms with Gasteiger partial charge in [0.2, 0.25) is 5.91 Å². The van der Waals surface area contributed by atoms with Gasteiger partial charge in [-0.25, -0.2) is 9.78 Å². The zero-order valence-corrected chi connectivity index (χ0v) is 25.3. The van der Waals surface area contributed by atoms with E-state index in [1.54, 1.807) is 30.3 Å². The van der Waals surface area contributed by atoms with Gasteiger partial charge in [-0.15, -0.1) is 6.42 Å². The summed E-state index contributed by atoms with van der Waals surface area (Å²) in [5.41, 5.74) is -1.08. The van der Waals surface area contributed by atoms with Gasteiger partial charge in [0.05, 0.1) is 24.5 Å². The van der Waals surface area contributed by atoms with E-state index in [0.717, 1.165) is 25.7 Å². The number of esters is 1. The van der Waals surface area contributed by atoms with Crippen molar-refractivity contribution in [3.05, 3.63) is 48.3 Å². The molecule has 236 valence electrons. The van der Waals surface area contributed by atoms with Crippen molar-refractivity contribution in [2.45, 2.75) is 102 Å². The van der Waals surface area contributed by atoms with Gasteiger partial charge in [-0.3, -0.25) is 4.79 Å². The fraction of sp³-hybridized carbons (Fsp3) is 0.545. The van der Waals surface area contributed by atoms with Crippen LogP contribution in [-0.4, -0.2) is 61.4 Å². The Bertz CT molecular complexity index is 1430. The van der Waals surface area contributed by atoms with Gasteiger partial charge in [0.15, 0.2) is 22.6 Å². The maximum atomic E-state index is 14.5. The highest BCUT2D eigenvalue weighted by atomic mass is 19.1. The first kappa shape index (κ1) is 33.0. The lowest BCUT2D eigenvalue weighted by molar-refractivity contribution is -0.116. The van der Waals surface area contributed by atoms with Gasteiger partial charge in [0, 0.05) is 6.42 Å². The van der Waals surface area contributed by atoms with Crippen molar-refractivity contribution >= 4 is 28.9 Å². The molecule has 3 aromatic rings. The molecule has 0 spiro atoms. The number of benzene rings is 1. The number of nitrogens with one attached hydrogen (secondary N) is 1. The molecule has 3 atom stereocenters. The summed E-state index contributed by atoms with van der Waals surface area (Å²) in [7, 11) is 0. The van der Waals surface area contributed by atoms with E-state index in [-0.39, 0.29) is 35.9 Å². The van der Waals surface area contributed by atoms with Crippen LogP contribution < -0.4 is 5.32 Å². The van der Waals surface area contributed by atoms with Gasteiger partial charge in [0.25, 0.3) is 0 Å². The number of hydrogen-bond donors (Lipinski definition) is 2. The number of carbonyl (C=O) groups is 2. The number of terminal acetylenes is 1. The van der Waals surface area contributed by atoms with Crippen LogP contribution in [0.4, 0.5) is 10.2 Å². The zero-order valence-electron chi connectivity index (χ0n) is 25.3. The van der Waals surface area contributed by atoms with E-state index >= 15 is 0 Å². The summed E-state index contributed by atoms with van der Waals surface area (Å²) in [6.07, 6.45) is 17.9. The Morgan fingerprint density at radius 3 is 2.41 bits per heavy atom. The number of rotatable bonds is 17. The minimum Gasteiger partial charge on any atom is -0.458 e. The van der Waals surface area contributed by atoms with Gasteiger partial charge in [0.1, 0.15) is 12.7 Å². The predicted molar refractivity (Wildman–Crippen MR) is 164 cm³/mol. The molecule has 1 amide bonds. The summed E-state index contributed by atoms with van der Waals surface area (Å²) in [6.45, 7) is 1.75. The highest BCUT2D eigenvalue weighted by molar-refractivity contribution is 5.96. The van der Waals surface area contributed by atoms with Crippen LogP contribution in [0.3, 0.4) is 0 Å². The van der Waals surface area contributed by atoms with Crippen LogP contribution in [0.25, 0.3) is 11.2 Å². The summed E-state index contributed by atoms with van der Waals surface area (Å²) in [4.78, 5) is 37.0. The van der Waals surface area contributed by atoms with E-state index in [1.165, 1.54) is 55.8 Å². The van der Waals surface area contributed by atoms with Gasteiger partial charge < -0.3 is 24.5 Å². The second-order valence-corrected chi connectivity index (χ2v) is 11.3. The van der Waals surface area contributed by atoms with E-state index in [1.807, 2.05) is 0 Å². The summed E-state index contributed by atoms with van der Waals surface area (Å²) < 4.78 is 27.1. The molecule has 4 rings (SSSR count). The highest BCUT2D eigenvalue weighted by Crippen LogP contribution is 2.36. The molecule has 11 heteroatoms. The van der Waals surface area contributed by atoms with E-state index in [4.69, 9.17) is 15.9 Å². The van der Waals surface area contributed by atoms with Gasteiger partial charge in [-0.05, 0) is 18.6 Å². The Morgan fingerprint density at radius 1 is 1.09 bits per heavy atom. The minimum absolute atomic E-state index is 0.0484. The number of fused-ring (bicyclic) bond motifs is 1. The number of ether oxygens (including phenoxy) is 2. The third-order valence-electron chi connectivity index (χ3n) is 8.04. The second kappa shape index (κ2) is 16.3. The average molecular weight is 608 g/mol. The Balaban J connectivity index is 1.31. The molecule has 2 N–H and O–H groups in total. The first-order valence-electron chi connectivity index (χ1n) is 15.6. The standard InChI is InChI=1S/C33H42FN5O5/c1-3-5-6-7-8-9-10-11-12-13-17-20-26(40)36-29-27-30(38-32(34)37-29)39(23-35-27)25-21-44-33(4-2,28(25)41)22-43-31(42)24-18-15-14-16-19-24/h2,14-16,18-19,23,25,28,41H,3,5-13,17,20-22H2,1H3,(H,36,37,38,40)/t25-,28+,33-/m1/s1. The smallest absolute Gasteiger partial charge is 0.338 e. The number of aromatic nitrogens is 4. The summed E-state index contributed by atoms with van der Waals surface area (Å²) in [5, 5.41) is 13.9. The minimum atomic E-state index is -1.64. The molecule has 0 radical (unpaired) electrons. The third kappa shape index (κ3) is 8.39. The van der Waals surface area contributed by atoms with Crippen molar-refractivity contribution in [1.29, 1.82) is 0 Å². The molecule has 1 aromatic carbocycles. The Hall–Kier alpha value is -3.88. The molecule has 1 saturated heterocycles. The average Bonchev–Trinajstić information content (AvgIpc) is 3.59. The fourth-order valence-electron chi connectivity index (χ4n) is 5.44. The lowest BCUT2D eigenvalue weighted by Gasteiger charge is -2.27. The van der Waals surface area contributed by atoms with Crippen molar-refractivity contribution in [3.63, 3.8) is 0 Å². The lowest BCUT2D eigenvalue weighted by atomic mass is 9.96. The normalized spacial score (nSPS) is 19.6. The molecule has 0 aliphatic carbocycles. The molecular weight excluding hydrogens is 565 g/mol. The fourth-order valence-corrected chi connectivity index (χ4v) is 5.44. The van der Waals surface area contributed by atoms with Crippen LogP contribution in [0, 0.1) is 18.4 Å². The van der Waals surface area contributed by atoms with Crippen molar-refractivity contribution in [2.24, 2.45) is 0 Å². The predicted octanol–water partition coefficient (Wildman–Crippen LogP) is 5.77. The van der Waals surface area contributed by atoms with Crippen LogP contribution >= 0.6 is 0 Å². The van der Waals surface area contributed by atoms with Gasteiger partial charge in [-0.1, -0.05) is 95.3 Å². The molecule has 10 nitrogen and oxygen atoms in total. The molecule has 0 bridgehead atoms. The zero-order chi connectivity index (χ0) is 31.4. The van der Waals surface area contributed by atoms with Crippen LogP contribution in [-0.2, 0) is 14.3 Å². The Kier molecular flexibility index (Phi) is 12.2. The maximum absolute atomic E-state index is 14.5. The number of carbonyl (C=O) groups excluding carboxylic acids is 2. The number of halogens is 1. The first-order chi connectivity index (χ1) is 21.4. The molecule has 1 aliphatic rings. The molecule has 0 unspecified atom stereocenters. The lowest BCUT2D eigenvalue weighted by Crippen LogP contribution is -2.45. The monoisotopic (exact) mass is 607 g/mol. The van der Waals surface area contributed by atoms with Crippen molar-refractivity contribution in [3.8, 4) is 12.3 Å². The Morgan fingerprint density at radius 2 is 1.75 bits per heavy atom. The van der Waals surface area contributed by atoms with Gasteiger partial charge >= 0.3 is 12.0 Å². The van der Waals surface area contributed by atoms with Crippen molar-refractivity contribution in [2.75, 3.05) is 18.5 Å². The summed E-state index contributed by atoms with van der Waals surface area (Å²) in [6, 6.07) is 7.54. The molecule has 44 heavy (non-hydrogen) atoms. The Labute approximate surface area is 257 Å². The summed E-state index contributed by atoms with van der Waals surface area (Å²) in [5.74, 6) is 1.47. The quantitative estimate of drug-likeness (QED) is 0.0857. The molecule has 1 aliphatic heterocycles.